The van der Waals surface area contributed by atoms with Gasteiger partial charge in [0.05, 0.1) is 0 Å². The minimum absolute atomic E-state index is 0.178. The maximum atomic E-state index is 9.49. The highest BCUT2D eigenvalue weighted by Gasteiger charge is 2.10. The molecule has 30 heavy (non-hydrogen) atoms. The van der Waals surface area contributed by atoms with E-state index in [1.165, 1.54) is 0 Å². The summed E-state index contributed by atoms with van der Waals surface area (Å²) < 4.78 is 0. The summed E-state index contributed by atoms with van der Waals surface area (Å²) in [5.74, 6) is 2.17. The first-order valence-corrected chi connectivity index (χ1v) is 9.39. The van der Waals surface area contributed by atoms with Gasteiger partial charge >= 0.3 is 0 Å². The van der Waals surface area contributed by atoms with Crippen LogP contribution in [0.4, 0.5) is 11.6 Å². The second kappa shape index (κ2) is 8.48. The van der Waals surface area contributed by atoms with Gasteiger partial charge < -0.3 is 20.6 Å². The Kier molecular flexibility index (Phi) is 5.43. The lowest BCUT2D eigenvalue weighted by Gasteiger charge is -2.10. The predicted octanol–water partition coefficient (Wildman–Crippen LogP) is 3.91. The minimum atomic E-state index is 0.178. The van der Waals surface area contributed by atoms with Crippen molar-refractivity contribution in [1.82, 2.24) is 15.0 Å². The van der Waals surface area contributed by atoms with Crippen molar-refractivity contribution in [3.05, 3.63) is 95.6 Å². The molecule has 0 saturated heterocycles. The van der Waals surface area contributed by atoms with Gasteiger partial charge in [0.1, 0.15) is 28.9 Å². The van der Waals surface area contributed by atoms with Crippen molar-refractivity contribution in [2.75, 3.05) is 5.32 Å². The van der Waals surface area contributed by atoms with Crippen molar-refractivity contribution in [3.8, 4) is 17.2 Å². The van der Waals surface area contributed by atoms with E-state index < -0.39 is 0 Å². The fourth-order valence-electron chi connectivity index (χ4n) is 2.95. The van der Waals surface area contributed by atoms with Crippen molar-refractivity contribution in [2.45, 2.75) is 12.8 Å². The fourth-order valence-corrected chi connectivity index (χ4v) is 2.95. The highest BCUT2D eigenvalue weighted by Crippen LogP contribution is 2.19. The molecule has 3 aromatic carbocycles. The van der Waals surface area contributed by atoms with Crippen LogP contribution in [0.25, 0.3) is 0 Å². The third-order valence-electron chi connectivity index (χ3n) is 4.45. The molecule has 0 spiro atoms. The topological polar surface area (TPSA) is 111 Å². The molecule has 0 aliphatic heterocycles. The van der Waals surface area contributed by atoms with Crippen molar-refractivity contribution in [1.29, 1.82) is 0 Å². The van der Waals surface area contributed by atoms with Gasteiger partial charge in [0, 0.05) is 18.5 Å². The molecule has 4 N–H and O–H groups in total. The highest BCUT2D eigenvalue weighted by molar-refractivity contribution is 5.54. The summed E-state index contributed by atoms with van der Waals surface area (Å²) in [5, 5.41) is 31.6. The number of phenols is 3. The molecule has 0 aliphatic carbocycles. The van der Waals surface area contributed by atoms with Crippen LogP contribution >= 0.6 is 0 Å². The van der Waals surface area contributed by atoms with Crippen LogP contribution in [0.5, 0.6) is 17.2 Å². The zero-order valence-corrected chi connectivity index (χ0v) is 16.0. The van der Waals surface area contributed by atoms with Gasteiger partial charge in [-0.1, -0.05) is 24.3 Å². The lowest BCUT2D eigenvalue weighted by molar-refractivity contribution is 0.474. The van der Waals surface area contributed by atoms with Gasteiger partial charge in [0.2, 0.25) is 5.95 Å². The molecule has 4 rings (SSSR count). The molecule has 150 valence electrons. The predicted molar refractivity (Wildman–Crippen MR) is 113 cm³/mol. The summed E-state index contributed by atoms with van der Waals surface area (Å²) in [6.45, 7) is 0. The van der Waals surface area contributed by atoms with Crippen LogP contribution < -0.4 is 5.32 Å². The molecule has 0 unspecified atom stereocenters. The van der Waals surface area contributed by atoms with Gasteiger partial charge in [-0.15, -0.1) is 0 Å². The van der Waals surface area contributed by atoms with Crippen LogP contribution in [0.2, 0.25) is 0 Å². The second-order valence-corrected chi connectivity index (χ2v) is 6.85. The molecule has 0 amide bonds. The normalized spacial score (nSPS) is 10.7. The number of rotatable bonds is 6. The zero-order chi connectivity index (χ0) is 20.9. The molecule has 7 heteroatoms. The Hall–Kier alpha value is -4.13. The molecule has 0 bridgehead atoms. The van der Waals surface area contributed by atoms with E-state index in [0.29, 0.717) is 30.4 Å². The zero-order valence-electron chi connectivity index (χ0n) is 16.0. The van der Waals surface area contributed by atoms with Crippen LogP contribution in [-0.2, 0) is 12.8 Å². The lowest BCUT2D eigenvalue weighted by Crippen LogP contribution is -2.08. The van der Waals surface area contributed by atoms with Crippen molar-refractivity contribution < 1.29 is 15.3 Å². The van der Waals surface area contributed by atoms with E-state index in [-0.39, 0.29) is 17.2 Å². The van der Waals surface area contributed by atoms with Crippen molar-refractivity contribution >= 4 is 11.6 Å². The lowest BCUT2D eigenvalue weighted by atomic mass is 10.1. The summed E-state index contributed by atoms with van der Waals surface area (Å²) in [6.07, 6.45) is 0.964. The molecule has 0 atom stereocenters. The molecule has 0 saturated carbocycles. The van der Waals surface area contributed by atoms with E-state index in [1.54, 1.807) is 48.5 Å². The number of anilines is 2. The Morgan fingerprint density at radius 3 is 1.37 bits per heavy atom. The summed E-state index contributed by atoms with van der Waals surface area (Å²) in [6, 6.07) is 20.4. The first-order chi connectivity index (χ1) is 14.5. The Labute approximate surface area is 173 Å². The first-order valence-electron chi connectivity index (χ1n) is 9.39. The molecule has 1 heterocycles. The van der Waals surface area contributed by atoms with Gasteiger partial charge in [0.25, 0.3) is 0 Å². The molecule has 4 aromatic rings. The van der Waals surface area contributed by atoms with E-state index in [4.69, 9.17) is 0 Å². The standard InChI is InChI=1S/C23H20N4O3/c28-18-7-1-15(2-8-18)13-21-25-22(14-16-3-9-19(29)10-4-16)27-23(26-21)24-17-5-11-20(30)12-6-17/h1-12,28-30H,13-14H2,(H,24,25,26,27). The molecule has 0 fully saturated rings. The van der Waals surface area contributed by atoms with Gasteiger partial charge in [-0.25, -0.2) is 4.98 Å². The monoisotopic (exact) mass is 400 g/mol. The summed E-state index contributed by atoms with van der Waals surface area (Å²) in [4.78, 5) is 13.6. The molecular weight excluding hydrogens is 380 g/mol. The highest BCUT2D eigenvalue weighted by atomic mass is 16.3. The van der Waals surface area contributed by atoms with E-state index >= 15 is 0 Å². The van der Waals surface area contributed by atoms with E-state index in [9.17, 15) is 15.3 Å². The van der Waals surface area contributed by atoms with Crippen LogP contribution in [0.1, 0.15) is 22.8 Å². The molecule has 0 aliphatic rings. The SMILES string of the molecule is Oc1ccc(Cc2nc(Cc3ccc(O)cc3)nc(Nc3ccc(O)cc3)n2)cc1. The van der Waals surface area contributed by atoms with Gasteiger partial charge in [-0.2, -0.15) is 9.97 Å². The Balaban J connectivity index is 1.64. The second-order valence-electron chi connectivity index (χ2n) is 6.85. The average Bonchev–Trinajstić information content (AvgIpc) is 2.73. The summed E-state index contributed by atoms with van der Waals surface area (Å²) >= 11 is 0. The Morgan fingerprint density at radius 1 is 0.533 bits per heavy atom. The van der Waals surface area contributed by atoms with E-state index in [0.717, 1.165) is 16.8 Å². The van der Waals surface area contributed by atoms with Crippen molar-refractivity contribution in [3.63, 3.8) is 0 Å². The summed E-state index contributed by atoms with van der Waals surface area (Å²) in [5.41, 5.74) is 2.67. The Bertz CT molecular complexity index is 970. The maximum Gasteiger partial charge on any atom is 0.230 e. The molecule has 7 nitrogen and oxygen atoms in total. The van der Waals surface area contributed by atoms with Gasteiger partial charge in [-0.3, -0.25) is 0 Å². The maximum absolute atomic E-state index is 9.49. The third-order valence-corrected chi connectivity index (χ3v) is 4.45. The van der Waals surface area contributed by atoms with Gasteiger partial charge in [0.15, 0.2) is 0 Å². The number of nitrogens with zero attached hydrogens (tertiary/aromatic N) is 3. The number of phenolic OH excluding ortho intramolecular Hbond substituents is 3. The number of nitrogens with one attached hydrogen (secondary N) is 1. The molecule has 1 aromatic heterocycles. The third kappa shape index (κ3) is 5.02. The smallest absolute Gasteiger partial charge is 0.230 e. The molecular formula is C23H20N4O3. The quantitative estimate of drug-likeness (QED) is 0.363. The van der Waals surface area contributed by atoms with Gasteiger partial charge in [-0.05, 0) is 59.7 Å². The molecule has 0 radical (unpaired) electrons. The van der Waals surface area contributed by atoms with Crippen LogP contribution in [0.15, 0.2) is 72.8 Å². The number of aromatic nitrogens is 3. The Morgan fingerprint density at radius 2 is 0.933 bits per heavy atom. The van der Waals surface area contributed by atoms with Crippen LogP contribution in [0, 0.1) is 0 Å². The minimum Gasteiger partial charge on any atom is -0.508 e. The first kappa shape index (κ1) is 19.2. The van der Waals surface area contributed by atoms with E-state index in [2.05, 4.69) is 20.3 Å². The number of benzene rings is 3. The fraction of sp³-hybridized carbons (Fsp3) is 0.0870. The number of hydrogen-bond donors (Lipinski definition) is 4. The summed E-state index contributed by atoms with van der Waals surface area (Å²) in [7, 11) is 0. The number of aromatic hydroxyl groups is 3. The van der Waals surface area contributed by atoms with Crippen LogP contribution in [-0.4, -0.2) is 30.3 Å². The van der Waals surface area contributed by atoms with Crippen molar-refractivity contribution in [2.24, 2.45) is 0 Å². The number of hydrogen-bond acceptors (Lipinski definition) is 7. The van der Waals surface area contributed by atoms with Crippen LogP contribution in [0.3, 0.4) is 0 Å². The average molecular weight is 400 g/mol. The largest absolute Gasteiger partial charge is 0.508 e. The van der Waals surface area contributed by atoms with E-state index in [1.807, 2.05) is 24.3 Å².